The molecule has 0 saturated carbocycles. The number of esters is 1. The van der Waals surface area contributed by atoms with Gasteiger partial charge >= 0.3 is 5.97 Å². The van der Waals surface area contributed by atoms with Crippen LogP contribution in [0.4, 0.5) is 0 Å². The molecule has 0 unspecified atom stereocenters. The third-order valence-corrected chi connectivity index (χ3v) is 2.82. The van der Waals surface area contributed by atoms with Crippen LogP contribution in [0, 0.1) is 0 Å². The first-order valence-electron chi connectivity index (χ1n) is 6.17. The van der Waals surface area contributed by atoms with Gasteiger partial charge in [0.05, 0.1) is 12.7 Å². The van der Waals surface area contributed by atoms with Crippen molar-refractivity contribution in [3.8, 4) is 0 Å². The Hall–Kier alpha value is -2.68. The average Bonchev–Trinajstić information content (AvgIpc) is 2.52. The van der Waals surface area contributed by atoms with Crippen molar-refractivity contribution in [1.82, 2.24) is 0 Å². The van der Waals surface area contributed by atoms with Crippen molar-refractivity contribution in [3.05, 3.63) is 77.4 Å². The van der Waals surface area contributed by atoms with Crippen LogP contribution >= 0.6 is 0 Å². The van der Waals surface area contributed by atoms with Gasteiger partial charge in [-0.25, -0.2) is 4.79 Å². The Morgan fingerprint density at radius 1 is 0.900 bits per heavy atom. The molecule has 0 atom stereocenters. The van der Waals surface area contributed by atoms with Gasteiger partial charge in [-0.1, -0.05) is 54.6 Å². The second kappa shape index (κ2) is 6.48. The molecule has 0 radical (unpaired) electrons. The molecule has 0 N–H and O–H groups in total. The number of methoxy groups -OCH3 is 1. The van der Waals surface area contributed by atoms with E-state index >= 15 is 0 Å². The van der Waals surface area contributed by atoms with Gasteiger partial charge in [-0.3, -0.25) is 4.79 Å². The Morgan fingerprint density at radius 2 is 1.50 bits per heavy atom. The van der Waals surface area contributed by atoms with Crippen LogP contribution in [-0.2, 0) is 4.74 Å². The molecule has 0 spiro atoms. The number of benzene rings is 2. The van der Waals surface area contributed by atoms with E-state index in [1.54, 1.807) is 30.3 Å². The van der Waals surface area contributed by atoms with Crippen molar-refractivity contribution < 1.29 is 14.3 Å². The minimum absolute atomic E-state index is 0.227. The molecule has 0 aromatic heterocycles. The predicted molar refractivity (Wildman–Crippen MR) is 77.6 cm³/mol. The minimum Gasteiger partial charge on any atom is -0.465 e. The highest BCUT2D eigenvalue weighted by molar-refractivity contribution is 6.12. The van der Waals surface area contributed by atoms with E-state index < -0.39 is 5.97 Å². The van der Waals surface area contributed by atoms with Gasteiger partial charge in [0.15, 0.2) is 5.78 Å². The zero-order valence-corrected chi connectivity index (χ0v) is 11.1. The van der Waals surface area contributed by atoms with Crippen molar-refractivity contribution in [1.29, 1.82) is 0 Å². The lowest BCUT2D eigenvalue weighted by atomic mass is 10.0. The summed E-state index contributed by atoms with van der Waals surface area (Å²) in [7, 11) is 1.30. The van der Waals surface area contributed by atoms with Crippen molar-refractivity contribution in [2.24, 2.45) is 0 Å². The monoisotopic (exact) mass is 266 g/mol. The summed E-state index contributed by atoms with van der Waals surface area (Å²) < 4.78 is 4.67. The van der Waals surface area contributed by atoms with E-state index in [2.05, 4.69) is 4.74 Å². The van der Waals surface area contributed by atoms with Gasteiger partial charge in [0, 0.05) is 5.56 Å². The Kier molecular flexibility index (Phi) is 4.45. The molecule has 0 saturated heterocycles. The van der Waals surface area contributed by atoms with Crippen molar-refractivity contribution >= 4 is 17.8 Å². The number of carbonyl (C=O) groups excluding carboxylic acids is 2. The molecule has 3 heteroatoms. The SMILES string of the molecule is COC(=O)c1ccccc1C(=O)/C=C/c1ccccc1. The van der Waals surface area contributed by atoms with Gasteiger partial charge in [-0.15, -0.1) is 0 Å². The fraction of sp³-hybridized carbons (Fsp3) is 0.0588. The molecule has 100 valence electrons. The van der Waals surface area contributed by atoms with E-state index in [9.17, 15) is 9.59 Å². The quantitative estimate of drug-likeness (QED) is 0.484. The van der Waals surface area contributed by atoms with E-state index in [-0.39, 0.29) is 11.3 Å². The van der Waals surface area contributed by atoms with Crippen LogP contribution < -0.4 is 0 Å². The largest absolute Gasteiger partial charge is 0.465 e. The minimum atomic E-state index is -0.512. The third-order valence-electron chi connectivity index (χ3n) is 2.82. The highest BCUT2D eigenvalue weighted by atomic mass is 16.5. The molecule has 2 aromatic rings. The lowest BCUT2D eigenvalue weighted by molar-refractivity contribution is 0.0597. The summed E-state index contributed by atoms with van der Waals surface area (Å²) in [6, 6.07) is 16.1. The normalized spacial score (nSPS) is 10.4. The molecule has 0 aliphatic rings. The maximum Gasteiger partial charge on any atom is 0.338 e. The van der Waals surface area contributed by atoms with Gasteiger partial charge in [0.2, 0.25) is 0 Å². The zero-order chi connectivity index (χ0) is 14.4. The summed E-state index contributed by atoms with van der Waals surface area (Å²) in [4.78, 5) is 23.8. The van der Waals surface area contributed by atoms with Crippen LogP contribution in [0.5, 0.6) is 0 Å². The number of allylic oxidation sites excluding steroid dienone is 1. The van der Waals surface area contributed by atoms with Crippen LogP contribution in [0.25, 0.3) is 6.08 Å². The topological polar surface area (TPSA) is 43.4 Å². The Labute approximate surface area is 117 Å². The molecule has 0 aliphatic carbocycles. The average molecular weight is 266 g/mol. The molecule has 0 amide bonds. The standard InChI is InChI=1S/C17H14O3/c1-20-17(19)15-10-6-5-9-14(15)16(18)12-11-13-7-3-2-4-8-13/h2-12H,1H3/b12-11+. The summed E-state index contributed by atoms with van der Waals surface area (Å²) >= 11 is 0. The van der Waals surface area contributed by atoms with Gasteiger partial charge in [0.25, 0.3) is 0 Å². The Morgan fingerprint density at radius 3 is 2.15 bits per heavy atom. The Balaban J connectivity index is 2.26. The van der Waals surface area contributed by atoms with Crippen LogP contribution in [0.1, 0.15) is 26.3 Å². The molecule has 2 rings (SSSR count). The van der Waals surface area contributed by atoms with Crippen LogP contribution in [0.2, 0.25) is 0 Å². The van der Waals surface area contributed by atoms with Gasteiger partial charge in [-0.2, -0.15) is 0 Å². The smallest absolute Gasteiger partial charge is 0.338 e. The Bertz CT molecular complexity index is 642. The summed E-state index contributed by atoms with van der Waals surface area (Å²) in [6.45, 7) is 0. The maximum absolute atomic E-state index is 12.2. The van der Waals surface area contributed by atoms with Gasteiger partial charge < -0.3 is 4.74 Å². The first-order chi connectivity index (χ1) is 9.72. The molecule has 0 fully saturated rings. The fourth-order valence-corrected chi connectivity index (χ4v) is 1.81. The fourth-order valence-electron chi connectivity index (χ4n) is 1.81. The van der Waals surface area contributed by atoms with E-state index in [1.165, 1.54) is 13.2 Å². The summed E-state index contributed by atoms with van der Waals surface area (Å²) in [6.07, 6.45) is 3.17. The second-order valence-corrected chi connectivity index (χ2v) is 4.15. The van der Waals surface area contributed by atoms with Crippen LogP contribution in [-0.4, -0.2) is 18.9 Å². The first kappa shape index (κ1) is 13.7. The van der Waals surface area contributed by atoms with Crippen molar-refractivity contribution in [2.45, 2.75) is 0 Å². The lowest BCUT2D eigenvalue weighted by Crippen LogP contribution is -2.08. The number of ether oxygens (including phenoxy) is 1. The molecular formula is C17H14O3. The third kappa shape index (κ3) is 3.20. The van der Waals surface area contributed by atoms with Gasteiger partial charge in [0.1, 0.15) is 0 Å². The van der Waals surface area contributed by atoms with Crippen LogP contribution in [0.3, 0.4) is 0 Å². The molecule has 0 aliphatic heterocycles. The molecule has 2 aromatic carbocycles. The number of rotatable bonds is 4. The summed E-state index contributed by atoms with van der Waals surface area (Å²) in [5.41, 5.74) is 1.54. The number of carbonyl (C=O) groups is 2. The van der Waals surface area contributed by atoms with E-state index in [0.29, 0.717) is 5.56 Å². The maximum atomic E-state index is 12.2. The van der Waals surface area contributed by atoms with E-state index in [4.69, 9.17) is 0 Å². The second-order valence-electron chi connectivity index (χ2n) is 4.15. The molecule has 20 heavy (non-hydrogen) atoms. The van der Waals surface area contributed by atoms with Crippen molar-refractivity contribution in [3.63, 3.8) is 0 Å². The highest BCUT2D eigenvalue weighted by Gasteiger charge is 2.14. The highest BCUT2D eigenvalue weighted by Crippen LogP contribution is 2.12. The number of hydrogen-bond donors (Lipinski definition) is 0. The van der Waals surface area contributed by atoms with E-state index in [0.717, 1.165) is 5.56 Å². The molecule has 0 heterocycles. The summed E-state index contributed by atoms with van der Waals surface area (Å²) in [5.74, 6) is -0.739. The molecule has 0 bridgehead atoms. The van der Waals surface area contributed by atoms with Crippen molar-refractivity contribution in [2.75, 3.05) is 7.11 Å². The van der Waals surface area contributed by atoms with Gasteiger partial charge in [-0.05, 0) is 17.7 Å². The number of hydrogen-bond acceptors (Lipinski definition) is 3. The van der Waals surface area contributed by atoms with E-state index in [1.807, 2.05) is 30.3 Å². The molecule has 3 nitrogen and oxygen atoms in total. The zero-order valence-electron chi connectivity index (χ0n) is 11.1. The number of ketones is 1. The lowest BCUT2D eigenvalue weighted by Gasteiger charge is -2.04. The first-order valence-corrected chi connectivity index (χ1v) is 6.17. The predicted octanol–water partition coefficient (Wildman–Crippen LogP) is 3.37. The van der Waals surface area contributed by atoms with Crippen LogP contribution in [0.15, 0.2) is 60.7 Å². The summed E-state index contributed by atoms with van der Waals surface area (Å²) in [5, 5.41) is 0. The molecular weight excluding hydrogens is 252 g/mol.